The number of anilines is 1. The Bertz CT molecular complexity index is 759. The molecule has 1 aliphatic rings. The molecule has 4 nitrogen and oxygen atoms in total. The van der Waals surface area contributed by atoms with E-state index in [2.05, 4.69) is 0 Å². The number of nitrogens with two attached hydrogens (primary N) is 1. The number of rotatable bonds is 2. The highest BCUT2D eigenvalue weighted by atomic mass is 35.5. The van der Waals surface area contributed by atoms with E-state index in [0.717, 1.165) is 31.6 Å². The fourth-order valence-electron chi connectivity index (χ4n) is 2.79. The predicted octanol–water partition coefficient (Wildman–Crippen LogP) is 4.52. The normalized spacial score (nSPS) is 15.4. The van der Waals surface area contributed by atoms with E-state index < -0.39 is 0 Å². The molecular formula is C16H18ClN3OS2. The first-order valence-electron chi connectivity index (χ1n) is 7.64. The molecule has 3 rings (SSSR count). The molecule has 0 unspecified atom stereocenters. The van der Waals surface area contributed by atoms with Gasteiger partial charge in [-0.05, 0) is 49.3 Å². The average molecular weight is 368 g/mol. The molecule has 1 aromatic heterocycles. The van der Waals surface area contributed by atoms with Gasteiger partial charge in [-0.3, -0.25) is 9.36 Å². The van der Waals surface area contributed by atoms with E-state index >= 15 is 0 Å². The summed E-state index contributed by atoms with van der Waals surface area (Å²) in [5.74, 6) is 0.407. The monoisotopic (exact) mass is 367 g/mol. The lowest BCUT2D eigenvalue weighted by Crippen LogP contribution is -2.31. The molecule has 0 bridgehead atoms. The van der Waals surface area contributed by atoms with Crippen molar-refractivity contribution < 1.29 is 4.79 Å². The highest BCUT2D eigenvalue weighted by Gasteiger charge is 2.23. The van der Waals surface area contributed by atoms with Gasteiger partial charge in [0.15, 0.2) is 3.95 Å². The number of likely N-dealkylation sites (tertiary alicyclic amines) is 1. The Kier molecular flexibility index (Phi) is 5.04. The first-order chi connectivity index (χ1) is 11.1. The van der Waals surface area contributed by atoms with Crippen LogP contribution in [0.3, 0.4) is 0 Å². The van der Waals surface area contributed by atoms with Gasteiger partial charge in [0.05, 0.1) is 0 Å². The van der Waals surface area contributed by atoms with E-state index in [1.807, 2.05) is 17.0 Å². The van der Waals surface area contributed by atoms with Crippen LogP contribution in [-0.4, -0.2) is 28.5 Å². The summed E-state index contributed by atoms with van der Waals surface area (Å²) in [6.45, 7) is 1.59. The SMILES string of the molecule is Nc1c(C(=O)N2CCCCCC2)sc(=S)n1-c1ccc(Cl)cc1. The van der Waals surface area contributed by atoms with Crippen molar-refractivity contribution in [2.75, 3.05) is 18.8 Å². The lowest BCUT2D eigenvalue weighted by atomic mass is 10.2. The van der Waals surface area contributed by atoms with Crippen LogP contribution in [0.1, 0.15) is 35.4 Å². The van der Waals surface area contributed by atoms with Gasteiger partial charge in [-0.2, -0.15) is 0 Å². The van der Waals surface area contributed by atoms with Gasteiger partial charge in [-0.25, -0.2) is 0 Å². The molecule has 1 saturated heterocycles. The van der Waals surface area contributed by atoms with Crippen LogP contribution in [0.25, 0.3) is 5.69 Å². The second-order valence-electron chi connectivity index (χ2n) is 5.60. The second-order valence-corrected chi connectivity index (χ2v) is 7.68. The van der Waals surface area contributed by atoms with Crippen molar-refractivity contribution in [1.82, 2.24) is 9.47 Å². The Morgan fingerprint density at radius 1 is 1.13 bits per heavy atom. The van der Waals surface area contributed by atoms with E-state index in [0.29, 0.717) is 19.7 Å². The van der Waals surface area contributed by atoms with Gasteiger partial charge in [0, 0.05) is 23.8 Å². The molecule has 23 heavy (non-hydrogen) atoms. The van der Waals surface area contributed by atoms with Crippen LogP contribution in [0.4, 0.5) is 5.82 Å². The largest absolute Gasteiger partial charge is 0.383 e. The van der Waals surface area contributed by atoms with Gasteiger partial charge < -0.3 is 10.6 Å². The predicted molar refractivity (Wildman–Crippen MR) is 98.3 cm³/mol. The Labute approximate surface area is 149 Å². The van der Waals surface area contributed by atoms with Gasteiger partial charge in [-0.15, -0.1) is 0 Å². The molecule has 7 heteroatoms. The number of hydrogen-bond acceptors (Lipinski definition) is 4. The maximum absolute atomic E-state index is 12.8. The summed E-state index contributed by atoms with van der Waals surface area (Å²) < 4.78 is 2.31. The number of halogens is 1. The highest BCUT2D eigenvalue weighted by Crippen LogP contribution is 2.28. The molecule has 0 saturated carbocycles. The quantitative estimate of drug-likeness (QED) is 0.794. The maximum atomic E-state index is 12.8. The fraction of sp³-hybridized carbons (Fsp3) is 0.375. The van der Waals surface area contributed by atoms with Crippen molar-refractivity contribution in [3.63, 3.8) is 0 Å². The van der Waals surface area contributed by atoms with Crippen LogP contribution in [0.5, 0.6) is 0 Å². The second kappa shape index (κ2) is 7.03. The topological polar surface area (TPSA) is 51.3 Å². The summed E-state index contributed by atoms with van der Waals surface area (Å²) in [4.78, 5) is 15.2. The van der Waals surface area contributed by atoms with E-state index in [9.17, 15) is 4.79 Å². The minimum atomic E-state index is -0.00628. The highest BCUT2D eigenvalue weighted by molar-refractivity contribution is 7.73. The van der Waals surface area contributed by atoms with Gasteiger partial charge in [0.1, 0.15) is 10.7 Å². The molecule has 1 fully saturated rings. The fourth-order valence-corrected chi connectivity index (χ4v) is 4.25. The number of amides is 1. The number of carbonyl (C=O) groups is 1. The van der Waals surface area contributed by atoms with Crippen LogP contribution in [0, 0.1) is 3.95 Å². The molecule has 2 N–H and O–H groups in total. The van der Waals surface area contributed by atoms with Crippen LogP contribution in [0.2, 0.25) is 5.02 Å². The lowest BCUT2D eigenvalue weighted by molar-refractivity contribution is 0.0767. The molecule has 0 atom stereocenters. The van der Waals surface area contributed by atoms with Gasteiger partial charge in [0.2, 0.25) is 0 Å². The molecule has 1 aromatic carbocycles. The van der Waals surface area contributed by atoms with Crippen LogP contribution >= 0.6 is 35.2 Å². The summed E-state index contributed by atoms with van der Waals surface area (Å²) >= 11 is 12.6. The first kappa shape index (κ1) is 16.5. The molecular weight excluding hydrogens is 350 g/mol. The van der Waals surface area contributed by atoms with E-state index in [4.69, 9.17) is 29.6 Å². The van der Waals surface area contributed by atoms with Crippen molar-refractivity contribution in [2.24, 2.45) is 0 Å². The van der Waals surface area contributed by atoms with Crippen molar-refractivity contribution in [3.05, 3.63) is 38.1 Å². The number of thiazole rings is 1. The summed E-state index contributed by atoms with van der Waals surface area (Å²) in [5.41, 5.74) is 7.07. The third-order valence-electron chi connectivity index (χ3n) is 4.02. The standard InChI is InChI=1S/C16H18ClN3OS2/c17-11-5-7-12(8-6-11)20-14(18)13(23-16(20)22)15(21)19-9-3-1-2-4-10-19/h5-8H,1-4,9-10,18H2. The lowest BCUT2D eigenvalue weighted by Gasteiger charge is -2.19. The van der Waals surface area contributed by atoms with Crippen LogP contribution in [0.15, 0.2) is 24.3 Å². The zero-order valence-electron chi connectivity index (χ0n) is 12.6. The first-order valence-corrected chi connectivity index (χ1v) is 9.25. The Morgan fingerprint density at radius 3 is 2.35 bits per heavy atom. The third-order valence-corrected chi connectivity index (χ3v) is 5.65. The molecule has 0 spiro atoms. The number of aromatic nitrogens is 1. The average Bonchev–Trinajstić information content (AvgIpc) is 2.74. The maximum Gasteiger partial charge on any atom is 0.267 e. The molecule has 1 aliphatic heterocycles. The number of nitrogen functional groups attached to an aromatic ring is 1. The zero-order valence-corrected chi connectivity index (χ0v) is 15.0. The van der Waals surface area contributed by atoms with Crippen molar-refractivity contribution in [3.8, 4) is 5.69 Å². The zero-order chi connectivity index (χ0) is 16.4. The van der Waals surface area contributed by atoms with E-state index in [1.54, 1.807) is 16.7 Å². The molecule has 2 aromatic rings. The van der Waals surface area contributed by atoms with E-state index in [1.165, 1.54) is 24.2 Å². The number of carbonyl (C=O) groups excluding carboxylic acids is 1. The number of hydrogen-bond donors (Lipinski definition) is 1. The van der Waals surface area contributed by atoms with Crippen molar-refractivity contribution in [1.29, 1.82) is 0 Å². The molecule has 0 radical (unpaired) electrons. The van der Waals surface area contributed by atoms with Crippen LogP contribution in [-0.2, 0) is 0 Å². The van der Waals surface area contributed by atoms with Gasteiger partial charge in [-0.1, -0.05) is 35.8 Å². The summed E-state index contributed by atoms with van der Waals surface area (Å²) in [6, 6.07) is 7.26. The summed E-state index contributed by atoms with van der Waals surface area (Å²) in [7, 11) is 0. The molecule has 1 amide bonds. The summed E-state index contributed by atoms with van der Waals surface area (Å²) in [6.07, 6.45) is 4.46. The van der Waals surface area contributed by atoms with Gasteiger partial charge in [0.25, 0.3) is 5.91 Å². The molecule has 122 valence electrons. The molecule has 2 heterocycles. The summed E-state index contributed by atoms with van der Waals surface area (Å²) in [5, 5.41) is 0.648. The van der Waals surface area contributed by atoms with Crippen molar-refractivity contribution in [2.45, 2.75) is 25.7 Å². The number of benzene rings is 1. The van der Waals surface area contributed by atoms with Crippen molar-refractivity contribution >= 4 is 46.9 Å². The number of nitrogens with zero attached hydrogens (tertiary/aromatic N) is 2. The van der Waals surface area contributed by atoms with E-state index in [-0.39, 0.29) is 5.91 Å². The minimum absolute atomic E-state index is 0.00628. The molecule has 0 aliphatic carbocycles. The van der Waals surface area contributed by atoms with Gasteiger partial charge >= 0.3 is 0 Å². The Balaban J connectivity index is 1.95. The smallest absolute Gasteiger partial charge is 0.267 e. The minimum Gasteiger partial charge on any atom is -0.383 e. The van der Waals surface area contributed by atoms with Crippen LogP contribution < -0.4 is 5.73 Å². The Hall–Kier alpha value is -1.37. The Morgan fingerprint density at radius 2 is 1.74 bits per heavy atom. The third kappa shape index (κ3) is 3.44.